The van der Waals surface area contributed by atoms with Crippen molar-refractivity contribution in [2.75, 3.05) is 6.66 Å². The van der Waals surface area contributed by atoms with Crippen LogP contribution in [0.15, 0.2) is 12.1 Å². The molecule has 77 valence electrons. The molecule has 0 saturated carbocycles. The van der Waals surface area contributed by atoms with Crippen molar-refractivity contribution < 1.29 is 32.9 Å². The van der Waals surface area contributed by atoms with E-state index in [9.17, 15) is 4.53 Å². The Morgan fingerprint density at radius 3 is 2.79 bits per heavy atom. The molecule has 14 heavy (non-hydrogen) atoms. The van der Waals surface area contributed by atoms with Gasteiger partial charge in [-0.3, -0.25) is 0 Å². The van der Waals surface area contributed by atoms with Crippen molar-refractivity contribution in [3.63, 3.8) is 0 Å². The van der Waals surface area contributed by atoms with Gasteiger partial charge in [0.15, 0.2) is 0 Å². The molecule has 1 heterocycles. The molecule has 0 spiro atoms. The number of hydrogen-bond donors (Lipinski definition) is 1. The van der Waals surface area contributed by atoms with E-state index >= 15 is 0 Å². The Morgan fingerprint density at radius 1 is 1.64 bits per heavy atom. The number of hydrogen-bond acceptors (Lipinski definition) is 3. The number of halogens is 1. The van der Waals surface area contributed by atoms with Crippen LogP contribution in [-0.4, -0.2) is 16.8 Å². The standard InChI is InChI=1S/C7H8FNO2P.CH3.V/c1-12(11-8)7-4-2-3-6(5-10)9-7;;/h3-4,10H,5H2,1H3;1H3;/q2*-1;+2. The molecule has 1 aromatic heterocycles. The molecule has 1 N–H and O–H groups in total. The van der Waals surface area contributed by atoms with E-state index in [1.165, 1.54) is 0 Å². The van der Waals surface area contributed by atoms with E-state index in [1.54, 1.807) is 18.8 Å². The smallest absolute Gasteiger partial charge is 0.403 e. The second kappa shape index (κ2) is 8.33. The summed E-state index contributed by atoms with van der Waals surface area (Å²) < 4.78 is 15.4. The van der Waals surface area contributed by atoms with Gasteiger partial charge in [-0.2, -0.15) is 16.9 Å². The van der Waals surface area contributed by atoms with Gasteiger partial charge in [0.1, 0.15) is 0 Å². The predicted octanol–water partition coefficient (Wildman–Crippen LogP) is 1.37. The summed E-state index contributed by atoms with van der Waals surface area (Å²) in [4.78, 5) is 3.94. The number of pyridine rings is 1. The Hall–Kier alpha value is 0.0144. The molecular weight excluding hydrogens is 243 g/mol. The van der Waals surface area contributed by atoms with Crippen molar-refractivity contribution >= 4 is 13.6 Å². The SMILES string of the molecule is CP(OF)c1c[c-]cc(CO)n1.[CH3-].[V+2]. The summed E-state index contributed by atoms with van der Waals surface area (Å²) in [5, 5.41) is 8.71. The van der Waals surface area contributed by atoms with Gasteiger partial charge in [0.05, 0.1) is 8.15 Å². The van der Waals surface area contributed by atoms with Gasteiger partial charge in [0.25, 0.3) is 0 Å². The first-order valence-corrected chi connectivity index (χ1v) is 4.99. The van der Waals surface area contributed by atoms with Gasteiger partial charge >= 0.3 is 18.6 Å². The summed E-state index contributed by atoms with van der Waals surface area (Å²) in [7, 11) is -1.32. The fraction of sp³-hybridized carbons (Fsp3) is 0.250. The molecule has 0 bridgehead atoms. The molecule has 1 atom stereocenters. The number of aromatic nitrogens is 1. The zero-order valence-corrected chi connectivity index (χ0v) is 10.2. The molecule has 0 amide bonds. The molecular formula is C8H11FNO2PV. The Bertz CT molecular complexity index is 265. The van der Waals surface area contributed by atoms with Crippen molar-refractivity contribution in [1.29, 1.82) is 0 Å². The summed E-state index contributed by atoms with van der Waals surface area (Å²) in [5.74, 6) is 0. The van der Waals surface area contributed by atoms with Crippen LogP contribution in [0.1, 0.15) is 5.69 Å². The number of aliphatic hydroxyl groups excluding tert-OH is 1. The zero-order chi connectivity index (χ0) is 8.97. The van der Waals surface area contributed by atoms with Crippen molar-refractivity contribution in [1.82, 2.24) is 4.98 Å². The van der Waals surface area contributed by atoms with Gasteiger partial charge in [-0.25, -0.2) is 0 Å². The second-order valence-corrected chi connectivity index (χ2v) is 3.73. The van der Waals surface area contributed by atoms with Crippen LogP contribution in [0.25, 0.3) is 0 Å². The molecule has 0 saturated heterocycles. The maximum absolute atomic E-state index is 11.7. The minimum absolute atomic E-state index is 0. The Balaban J connectivity index is 0. The van der Waals surface area contributed by atoms with E-state index in [1.807, 2.05) is 0 Å². The molecule has 3 nitrogen and oxygen atoms in total. The van der Waals surface area contributed by atoms with E-state index in [0.29, 0.717) is 11.1 Å². The third kappa shape index (κ3) is 4.49. The molecule has 0 aliphatic heterocycles. The minimum Gasteiger partial charge on any atom is -0.403 e. The van der Waals surface area contributed by atoms with E-state index in [0.717, 1.165) is 0 Å². The van der Waals surface area contributed by atoms with Crippen molar-refractivity contribution in [2.45, 2.75) is 6.61 Å². The zero-order valence-electron chi connectivity index (χ0n) is 7.94. The molecule has 0 aliphatic rings. The van der Waals surface area contributed by atoms with Crippen LogP contribution in [0, 0.1) is 13.5 Å². The average Bonchev–Trinajstić information content (AvgIpc) is 2.17. The third-order valence-electron chi connectivity index (χ3n) is 1.31. The summed E-state index contributed by atoms with van der Waals surface area (Å²) >= 11 is 0. The number of rotatable bonds is 3. The first-order chi connectivity index (χ1) is 5.77. The summed E-state index contributed by atoms with van der Waals surface area (Å²) in [6, 6.07) is 5.84. The monoisotopic (exact) mass is 254 g/mol. The average molecular weight is 254 g/mol. The molecule has 1 radical (unpaired) electrons. The van der Waals surface area contributed by atoms with Gasteiger partial charge in [0, 0.05) is 6.61 Å². The maximum Gasteiger partial charge on any atom is 2.00 e. The predicted molar refractivity (Wildman–Crippen MR) is 50.1 cm³/mol. The number of aliphatic hydroxyl groups is 1. The Labute approximate surface area is 96.3 Å². The summed E-state index contributed by atoms with van der Waals surface area (Å²) in [5.41, 5.74) is 0.956. The van der Waals surface area contributed by atoms with Gasteiger partial charge in [-0.05, 0) is 22.3 Å². The van der Waals surface area contributed by atoms with Crippen LogP contribution in [0.2, 0.25) is 0 Å². The van der Waals surface area contributed by atoms with Gasteiger partial charge in [0.2, 0.25) is 0 Å². The first kappa shape index (κ1) is 16.4. The van der Waals surface area contributed by atoms with Crippen molar-refractivity contribution in [2.24, 2.45) is 0 Å². The fourth-order valence-electron chi connectivity index (χ4n) is 0.702. The van der Waals surface area contributed by atoms with Crippen LogP contribution in [0.5, 0.6) is 0 Å². The molecule has 0 aromatic carbocycles. The quantitative estimate of drug-likeness (QED) is 0.654. The number of nitrogens with zero attached hydrogens (tertiary/aromatic N) is 1. The normalized spacial score (nSPS) is 11.1. The Kier molecular flexibility index (Phi) is 9.79. The van der Waals surface area contributed by atoms with Crippen LogP contribution >= 0.6 is 8.15 Å². The van der Waals surface area contributed by atoms with E-state index < -0.39 is 8.15 Å². The van der Waals surface area contributed by atoms with Crippen molar-refractivity contribution in [3.8, 4) is 0 Å². The molecule has 0 aliphatic carbocycles. The topological polar surface area (TPSA) is 42.4 Å². The largest absolute Gasteiger partial charge is 2.00 e. The van der Waals surface area contributed by atoms with Crippen molar-refractivity contribution in [3.05, 3.63) is 31.3 Å². The Morgan fingerprint density at radius 2 is 2.29 bits per heavy atom. The molecule has 1 rings (SSSR count). The van der Waals surface area contributed by atoms with E-state index in [-0.39, 0.29) is 32.6 Å². The fourth-order valence-corrected chi connectivity index (χ4v) is 1.30. The molecule has 1 aromatic rings. The van der Waals surface area contributed by atoms with Gasteiger partial charge in [-0.15, -0.1) is 6.07 Å². The first-order valence-electron chi connectivity index (χ1n) is 3.28. The van der Waals surface area contributed by atoms with Gasteiger partial charge < -0.3 is 17.5 Å². The van der Waals surface area contributed by atoms with Crippen LogP contribution < -0.4 is 5.44 Å². The molecule has 0 fully saturated rings. The minimum atomic E-state index is -1.32. The van der Waals surface area contributed by atoms with Gasteiger partial charge in [-0.1, -0.05) is 0 Å². The second-order valence-electron chi connectivity index (χ2n) is 2.14. The summed E-state index contributed by atoms with van der Waals surface area (Å²) in [6.07, 6.45) is 0. The maximum atomic E-state index is 11.7. The molecule has 6 heteroatoms. The summed E-state index contributed by atoms with van der Waals surface area (Å²) in [6.45, 7) is 1.42. The van der Waals surface area contributed by atoms with Crippen LogP contribution in [0.3, 0.4) is 0 Å². The van der Waals surface area contributed by atoms with E-state index in [2.05, 4.69) is 15.8 Å². The molecule has 1 unspecified atom stereocenters. The third-order valence-corrected chi connectivity index (χ3v) is 2.39. The van der Waals surface area contributed by atoms with Crippen LogP contribution in [-0.2, 0) is 29.9 Å². The van der Waals surface area contributed by atoms with Crippen LogP contribution in [0.4, 0.5) is 4.53 Å². The van der Waals surface area contributed by atoms with E-state index in [4.69, 9.17) is 5.11 Å².